The van der Waals surface area contributed by atoms with E-state index < -0.39 is 11.7 Å². The highest BCUT2D eigenvalue weighted by atomic mass is 16.2. The largest absolute Gasteiger partial charge is 0.375 e. The quantitative estimate of drug-likeness (QED) is 0.511. The van der Waals surface area contributed by atoms with Gasteiger partial charge in [0.25, 0.3) is 11.2 Å². The van der Waals surface area contributed by atoms with Crippen molar-refractivity contribution in [3.05, 3.63) is 34.4 Å². The number of nitrogens with zero attached hydrogens (tertiary/aromatic N) is 3. The van der Waals surface area contributed by atoms with Gasteiger partial charge in [0.2, 0.25) is 0 Å². The van der Waals surface area contributed by atoms with Crippen LogP contribution in [0.4, 0.5) is 5.69 Å². The number of fused-ring (bicyclic) bond motifs is 1. The second-order valence-corrected chi connectivity index (χ2v) is 3.00. The molecule has 1 aromatic carbocycles. The average molecular weight is 205 g/mol. The molecule has 0 aromatic heterocycles. The van der Waals surface area contributed by atoms with Crippen molar-refractivity contribution in [3.63, 3.8) is 0 Å². The smallest absolute Gasteiger partial charge is 0.344 e. The Kier molecular flexibility index (Phi) is 2.51. The number of aryl methyl sites for hydroxylation is 1. The highest BCUT2D eigenvalue weighted by Crippen LogP contribution is 2.31. The van der Waals surface area contributed by atoms with Crippen LogP contribution < -0.4 is 11.2 Å². The monoisotopic (exact) mass is 205 g/mol. The molecule has 15 heavy (non-hydrogen) atoms. The number of amides is 1. The first-order chi connectivity index (χ1) is 6.66. The summed E-state index contributed by atoms with van der Waals surface area (Å²) in [5.74, 6) is -1.45. The molecule has 0 saturated carbocycles. The van der Waals surface area contributed by atoms with Gasteiger partial charge in [0, 0.05) is 0 Å². The van der Waals surface area contributed by atoms with Gasteiger partial charge < -0.3 is 6.15 Å². The van der Waals surface area contributed by atoms with Crippen LogP contribution in [0.1, 0.15) is 15.9 Å². The van der Waals surface area contributed by atoms with E-state index in [2.05, 4.69) is 5.08 Å². The van der Waals surface area contributed by atoms with E-state index in [1.54, 1.807) is 25.1 Å². The third-order valence-corrected chi connectivity index (χ3v) is 2.18. The molecule has 1 aliphatic heterocycles. The van der Waals surface area contributed by atoms with Crippen LogP contribution in [0.3, 0.4) is 0 Å². The molecular weight excluding hydrogens is 196 g/mol. The zero-order valence-corrected chi connectivity index (χ0v) is 8.10. The maximum Gasteiger partial charge on any atom is 0.375 e. The summed E-state index contributed by atoms with van der Waals surface area (Å²) in [6, 6.07) is 4.98. The molecule has 2 rings (SSSR count). The lowest BCUT2D eigenvalue weighted by atomic mass is 10.1. The van der Waals surface area contributed by atoms with Crippen LogP contribution in [-0.4, -0.2) is 11.7 Å². The van der Waals surface area contributed by atoms with Gasteiger partial charge in [-0.2, -0.15) is 0 Å². The maximum atomic E-state index is 11.4. The van der Waals surface area contributed by atoms with E-state index in [0.29, 0.717) is 21.8 Å². The maximum absolute atomic E-state index is 11.4. The number of carbonyl (C=O) groups excluding carboxylic acids is 2. The van der Waals surface area contributed by atoms with Crippen LogP contribution in [0.15, 0.2) is 18.2 Å². The van der Waals surface area contributed by atoms with Gasteiger partial charge in [0.05, 0.1) is 10.6 Å². The predicted octanol–water partition coefficient (Wildman–Crippen LogP) is 1.45. The minimum Gasteiger partial charge on any atom is -0.344 e. The average Bonchev–Trinajstić information content (AvgIpc) is 2.41. The van der Waals surface area contributed by atoms with Gasteiger partial charge in [-0.15, -0.1) is 0 Å². The molecular formula is C9H9N4O2+. The van der Waals surface area contributed by atoms with Gasteiger partial charge in [-0.1, -0.05) is 12.1 Å². The summed E-state index contributed by atoms with van der Waals surface area (Å²) >= 11 is 0. The number of carbonyl (C=O) groups is 2. The third-order valence-electron chi connectivity index (χ3n) is 2.18. The molecule has 6 nitrogen and oxygen atoms in total. The summed E-state index contributed by atoms with van der Waals surface area (Å²) in [7, 11) is 0. The minimum absolute atomic E-state index is 0. The zero-order valence-electron chi connectivity index (χ0n) is 8.10. The highest BCUT2D eigenvalue weighted by molar-refractivity contribution is 6.52. The Balaban J connectivity index is 0.00000112. The van der Waals surface area contributed by atoms with Crippen molar-refractivity contribution in [1.29, 1.82) is 5.39 Å². The van der Waals surface area contributed by atoms with Crippen LogP contribution in [0.2, 0.25) is 0 Å². The van der Waals surface area contributed by atoms with Gasteiger partial charge in [-0.3, -0.25) is 9.59 Å². The number of rotatable bonds is 0. The fourth-order valence-corrected chi connectivity index (χ4v) is 1.53. The minimum atomic E-state index is -0.822. The van der Waals surface area contributed by atoms with Gasteiger partial charge >= 0.3 is 11.0 Å². The Hall–Kier alpha value is -2.26. The lowest BCUT2D eigenvalue weighted by molar-refractivity contribution is -0.113. The number of hydrogen-bond donors (Lipinski definition) is 1. The van der Waals surface area contributed by atoms with Crippen LogP contribution in [0.25, 0.3) is 5.08 Å². The van der Waals surface area contributed by atoms with Crippen LogP contribution in [-0.2, 0) is 4.79 Å². The fourth-order valence-electron chi connectivity index (χ4n) is 1.53. The SMILES string of the molecule is Cc1cccc2c1C(=O)C(=O)N2[N+]#N.N. The van der Waals surface area contributed by atoms with E-state index in [9.17, 15) is 9.59 Å². The summed E-state index contributed by atoms with van der Waals surface area (Å²) in [6.45, 7) is 1.73. The zero-order chi connectivity index (χ0) is 10.3. The molecule has 1 heterocycles. The van der Waals surface area contributed by atoms with E-state index in [-0.39, 0.29) is 6.15 Å². The highest BCUT2D eigenvalue weighted by Gasteiger charge is 2.45. The van der Waals surface area contributed by atoms with E-state index >= 15 is 0 Å². The molecule has 0 atom stereocenters. The number of diazo groups is 1. The normalized spacial score (nSPS) is 13.2. The molecule has 1 amide bonds. The molecule has 0 bridgehead atoms. The van der Waals surface area contributed by atoms with Gasteiger partial charge in [-0.25, -0.2) is 0 Å². The molecule has 1 aromatic rings. The second-order valence-electron chi connectivity index (χ2n) is 3.00. The first kappa shape index (κ1) is 10.8. The lowest BCUT2D eigenvalue weighted by Gasteiger charge is -1.96. The predicted molar refractivity (Wildman–Crippen MR) is 53.1 cm³/mol. The number of benzene rings is 1. The molecule has 0 fully saturated rings. The van der Waals surface area contributed by atoms with Crippen molar-refractivity contribution >= 4 is 17.4 Å². The van der Waals surface area contributed by atoms with Crippen molar-refractivity contribution in [2.45, 2.75) is 6.92 Å². The first-order valence-electron chi connectivity index (χ1n) is 4.00. The molecule has 0 radical (unpaired) electrons. The molecule has 0 unspecified atom stereocenters. The van der Waals surface area contributed by atoms with Crippen molar-refractivity contribution in [2.75, 3.05) is 5.01 Å². The number of anilines is 1. The Morgan fingerprint density at radius 3 is 2.60 bits per heavy atom. The Morgan fingerprint density at radius 1 is 1.33 bits per heavy atom. The summed E-state index contributed by atoms with van der Waals surface area (Å²) in [5.41, 5.74) is 1.35. The third kappa shape index (κ3) is 1.26. The topological polar surface area (TPSA) is 101 Å². The van der Waals surface area contributed by atoms with E-state index in [4.69, 9.17) is 5.39 Å². The fraction of sp³-hybridized carbons (Fsp3) is 0.111. The Labute approximate surface area is 85.7 Å². The van der Waals surface area contributed by atoms with Gasteiger partial charge in [-0.05, 0) is 18.6 Å². The number of Topliss-reactive ketones (excluding diaryl/α,β-unsaturated/α-hetero) is 1. The Bertz CT molecular complexity index is 489. The van der Waals surface area contributed by atoms with Crippen molar-refractivity contribution < 1.29 is 9.59 Å². The van der Waals surface area contributed by atoms with Crippen LogP contribution in [0, 0.1) is 12.3 Å². The Morgan fingerprint density at radius 2 is 2.00 bits per heavy atom. The molecule has 0 spiro atoms. The van der Waals surface area contributed by atoms with Crippen molar-refractivity contribution in [2.24, 2.45) is 0 Å². The summed E-state index contributed by atoms with van der Waals surface area (Å²) < 4.78 is 0. The van der Waals surface area contributed by atoms with E-state index in [1.807, 2.05) is 0 Å². The van der Waals surface area contributed by atoms with Crippen LogP contribution in [0.5, 0.6) is 0 Å². The van der Waals surface area contributed by atoms with Crippen molar-refractivity contribution in [1.82, 2.24) is 6.15 Å². The van der Waals surface area contributed by atoms with Gasteiger partial charge in [0.1, 0.15) is 5.69 Å². The molecule has 0 aliphatic carbocycles. The standard InChI is InChI=1S/C9H6N3O2.H3N/c1-5-3-2-4-6-7(5)8(13)9(14)12(6)11-10;/h2-4H,1H3;1H3/q+1;. The molecule has 0 saturated heterocycles. The first-order valence-corrected chi connectivity index (χ1v) is 4.00. The molecule has 1 aliphatic rings. The lowest BCUT2D eigenvalue weighted by Crippen LogP contribution is -2.22. The number of ketones is 1. The van der Waals surface area contributed by atoms with E-state index in [0.717, 1.165) is 0 Å². The summed E-state index contributed by atoms with van der Waals surface area (Å²) in [4.78, 5) is 22.7. The molecule has 3 N–H and O–H groups in total. The molecule has 76 valence electrons. The molecule has 6 heteroatoms. The number of hydrogen-bond acceptors (Lipinski definition) is 4. The van der Waals surface area contributed by atoms with E-state index in [1.165, 1.54) is 0 Å². The second kappa shape index (κ2) is 3.48. The van der Waals surface area contributed by atoms with Crippen molar-refractivity contribution in [3.8, 4) is 0 Å². The summed E-state index contributed by atoms with van der Waals surface area (Å²) in [6.07, 6.45) is 0. The summed E-state index contributed by atoms with van der Waals surface area (Å²) in [5, 5.41) is 12.0. The van der Waals surface area contributed by atoms with Gasteiger partial charge in [0.15, 0.2) is 0 Å². The van der Waals surface area contributed by atoms with Crippen LogP contribution >= 0.6 is 0 Å².